The standard InChI is InChI=1S/C17H24N2O2S/c1-14-12-19(7-10-22-14)17(20)16-4-2-3-15(11-16)13-18-5-8-21-9-6-18/h2-4,11,14H,5-10,12-13H2,1H3/t14-/m1/s1. The smallest absolute Gasteiger partial charge is 0.253 e. The molecule has 0 spiro atoms. The minimum absolute atomic E-state index is 0.177. The SMILES string of the molecule is C[C@@H]1CN(C(=O)c2cccc(CN3CCOCC3)c2)CCS1. The normalized spacial score (nSPS) is 23.5. The third-order valence-corrected chi connectivity index (χ3v) is 5.35. The molecular formula is C17H24N2O2S. The van der Waals surface area contributed by atoms with Crippen LogP contribution in [0.15, 0.2) is 24.3 Å². The Kier molecular flexibility index (Phi) is 5.39. The van der Waals surface area contributed by atoms with Crippen LogP contribution in [0.25, 0.3) is 0 Å². The predicted molar refractivity (Wildman–Crippen MR) is 90.4 cm³/mol. The highest BCUT2D eigenvalue weighted by Crippen LogP contribution is 2.20. The van der Waals surface area contributed by atoms with E-state index in [1.165, 1.54) is 5.56 Å². The van der Waals surface area contributed by atoms with Gasteiger partial charge in [-0.05, 0) is 17.7 Å². The summed E-state index contributed by atoms with van der Waals surface area (Å²) in [4.78, 5) is 17.0. The number of ether oxygens (including phenoxy) is 1. The quantitative estimate of drug-likeness (QED) is 0.854. The van der Waals surface area contributed by atoms with Crippen molar-refractivity contribution in [1.29, 1.82) is 0 Å². The van der Waals surface area contributed by atoms with Gasteiger partial charge in [0.15, 0.2) is 0 Å². The Morgan fingerprint density at radius 2 is 2.14 bits per heavy atom. The lowest BCUT2D eigenvalue weighted by Crippen LogP contribution is -2.41. The van der Waals surface area contributed by atoms with Gasteiger partial charge in [-0.15, -0.1) is 0 Å². The van der Waals surface area contributed by atoms with Gasteiger partial charge >= 0.3 is 0 Å². The molecule has 2 fully saturated rings. The Labute approximate surface area is 136 Å². The number of hydrogen-bond donors (Lipinski definition) is 0. The molecule has 1 aromatic carbocycles. The van der Waals surface area contributed by atoms with Gasteiger partial charge in [-0.1, -0.05) is 19.1 Å². The van der Waals surface area contributed by atoms with E-state index in [9.17, 15) is 4.79 Å². The van der Waals surface area contributed by atoms with Crippen molar-refractivity contribution < 1.29 is 9.53 Å². The summed E-state index contributed by atoms with van der Waals surface area (Å²) in [6, 6.07) is 8.12. The first-order chi connectivity index (χ1) is 10.7. The van der Waals surface area contributed by atoms with Gasteiger partial charge < -0.3 is 9.64 Å². The number of carbonyl (C=O) groups excluding carboxylic acids is 1. The van der Waals surface area contributed by atoms with E-state index in [0.29, 0.717) is 5.25 Å². The molecule has 22 heavy (non-hydrogen) atoms. The monoisotopic (exact) mass is 320 g/mol. The van der Waals surface area contributed by atoms with Crippen LogP contribution < -0.4 is 0 Å². The Balaban J connectivity index is 1.66. The number of nitrogens with zero attached hydrogens (tertiary/aromatic N) is 2. The molecule has 0 aliphatic carbocycles. The summed E-state index contributed by atoms with van der Waals surface area (Å²) in [6.45, 7) is 8.37. The maximum absolute atomic E-state index is 12.7. The molecule has 0 bridgehead atoms. The molecule has 2 saturated heterocycles. The molecule has 0 N–H and O–H groups in total. The van der Waals surface area contributed by atoms with E-state index in [2.05, 4.69) is 24.0 Å². The van der Waals surface area contributed by atoms with Crippen molar-refractivity contribution in [2.75, 3.05) is 45.1 Å². The fourth-order valence-corrected chi connectivity index (χ4v) is 4.02. The molecular weight excluding hydrogens is 296 g/mol. The van der Waals surface area contributed by atoms with E-state index in [4.69, 9.17) is 4.74 Å². The number of morpholine rings is 1. The van der Waals surface area contributed by atoms with Crippen LogP contribution in [0.5, 0.6) is 0 Å². The fourth-order valence-electron chi connectivity index (χ4n) is 3.01. The molecule has 2 heterocycles. The molecule has 5 heteroatoms. The Morgan fingerprint density at radius 3 is 2.91 bits per heavy atom. The van der Waals surface area contributed by atoms with Crippen molar-refractivity contribution in [2.24, 2.45) is 0 Å². The molecule has 120 valence electrons. The predicted octanol–water partition coefficient (Wildman–Crippen LogP) is 2.10. The van der Waals surface area contributed by atoms with Crippen LogP contribution in [0.1, 0.15) is 22.8 Å². The van der Waals surface area contributed by atoms with Crippen molar-refractivity contribution in [3.8, 4) is 0 Å². The number of rotatable bonds is 3. The van der Waals surface area contributed by atoms with E-state index in [1.807, 2.05) is 28.8 Å². The third-order valence-electron chi connectivity index (χ3n) is 4.21. The molecule has 4 nitrogen and oxygen atoms in total. The summed E-state index contributed by atoms with van der Waals surface area (Å²) in [5.41, 5.74) is 2.04. The molecule has 0 saturated carbocycles. The highest BCUT2D eigenvalue weighted by Gasteiger charge is 2.22. The minimum atomic E-state index is 0.177. The van der Waals surface area contributed by atoms with Crippen molar-refractivity contribution >= 4 is 17.7 Å². The van der Waals surface area contributed by atoms with Gasteiger partial charge in [0.2, 0.25) is 0 Å². The first-order valence-electron chi connectivity index (χ1n) is 8.02. The van der Waals surface area contributed by atoms with Crippen molar-refractivity contribution in [3.05, 3.63) is 35.4 Å². The lowest BCUT2D eigenvalue weighted by molar-refractivity contribution is 0.0341. The summed E-state index contributed by atoms with van der Waals surface area (Å²) in [6.07, 6.45) is 0. The van der Waals surface area contributed by atoms with Gasteiger partial charge in [0.1, 0.15) is 0 Å². The molecule has 0 aromatic heterocycles. The number of amides is 1. The third kappa shape index (κ3) is 4.03. The lowest BCUT2D eigenvalue weighted by Gasteiger charge is -2.31. The van der Waals surface area contributed by atoms with Gasteiger partial charge in [0, 0.05) is 49.3 Å². The zero-order valence-electron chi connectivity index (χ0n) is 13.2. The van der Waals surface area contributed by atoms with Crippen LogP contribution in [0.4, 0.5) is 0 Å². The highest BCUT2D eigenvalue weighted by atomic mass is 32.2. The van der Waals surface area contributed by atoms with Crippen LogP contribution in [0.3, 0.4) is 0 Å². The van der Waals surface area contributed by atoms with E-state index in [0.717, 1.165) is 57.3 Å². The minimum Gasteiger partial charge on any atom is -0.379 e. The van der Waals surface area contributed by atoms with Gasteiger partial charge in [-0.3, -0.25) is 9.69 Å². The average Bonchev–Trinajstić information content (AvgIpc) is 2.55. The van der Waals surface area contributed by atoms with Gasteiger partial charge in [-0.2, -0.15) is 11.8 Å². The van der Waals surface area contributed by atoms with Crippen molar-refractivity contribution in [2.45, 2.75) is 18.7 Å². The molecule has 0 unspecified atom stereocenters. The number of thioether (sulfide) groups is 1. The first kappa shape index (κ1) is 15.8. The zero-order chi connectivity index (χ0) is 15.4. The second kappa shape index (κ2) is 7.49. The van der Waals surface area contributed by atoms with Crippen LogP contribution in [-0.4, -0.2) is 66.1 Å². The lowest BCUT2D eigenvalue weighted by atomic mass is 10.1. The van der Waals surface area contributed by atoms with Crippen LogP contribution >= 0.6 is 11.8 Å². The molecule has 2 aliphatic rings. The molecule has 1 amide bonds. The second-order valence-electron chi connectivity index (χ2n) is 6.02. The van der Waals surface area contributed by atoms with Crippen LogP contribution in [0, 0.1) is 0 Å². The summed E-state index contributed by atoms with van der Waals surface area (Å²) >= 11 is 1.95. The first-order valence-corrected chi connectivity index (χ1v) is 9.07. The highest BCUT2D eigenvalue weighted by molar-refractivity contribution is 7.99. The maximum Gasteiger partial charge on any atom is 0.253 e. The summed E-state index contributed by atoms with van der Waals surface area (Å²) in [7, 11) is 0. The summed E-state index contributed by atoms with van der Waals surface area (Å²) in [5, 5.41) is 0.536. The number of carbonyl (C=O) groups is 1. The van der Waals surface area contributed by atoms with Crippen LogP contribution in [-0.2, 0) is 11.3 Å². The summed E-state index contributed by atoms with van der Waals surface area (Å²) < 4.78 is 5.38. The molecule has 2 aliphatic heterocycles. The molecule has 1 aromatic rings. The van der Waals surface area contributed by atoms with Gasteiger partial charge in [0.05, 0.1) is 13.2 Å². The number of hydrogen-bond acceptors (Lipinski definition) is 4. The summed E-state index contributed by atoms with van der Waals surface area (Å²) in [5.74, 6) is 1.22. The van der Waals surface area contributed by atoms with E-state index < -0.39 is 0 Å². The van der Waals surface area contributed by atoms with Crippen LogP contribution in [0.2, 0.25) is 0 Å². The Bertz CT molecular complexity index is 517. The molecule has 1 atom stereocenters. The largest absolute Gasteiger partial charge is 0.379 e. The number of benzene rings is 1. The average molecular weight is 320 g/mol. The van der Waals surface area contributed by atoms with E-state index in [-0.39, 0.29) is 5.91 Å². The topological polar surface area (TPSA) is 32.8 Å². The van der Waals surface area contributed by atoms with Crippen molar-refractivity contribution in [1.82, 2.24) is 9.80 Å². The van der Waals surface area contributed by atoms with E-state index >= 15 is 0 Å². The zero-order valence-corrected chi connectivity index (χ0v) is 14.0. The Hall–Kier alpha value is -1.04. The maximum atomic E-state index is 12.7. The van der Waals surface area contributed by atoms with Gasteiger partial charge in [-0.25, -0.2) is 0 Å². The molecule has 3 rings (SSSR count). The Morgan fingerprint density at radius 1 is 1.32 bits per heavy atom. The fraction of sp³-hybridized carbons (Fsp3) is 0.588. The molecule has 0 radical (unpaired) electrons. The van der Waals surface area contributed by atoms with E-state index in [1.54, 1.807) is 0 Å². The second-order valence-corrected chi connectivity index (χ2v) is 7.57. The van der Waals surface area contributed by atoms with Gasteiger partial charge in [0.25, 0.3) is 5.91 Å². The van der Waals surface area contributed by atoms with Crippen molar-refractivity contribution in [3.63, 3.8) is 0 Å².